The van der Waals surface area contributed by atoms with Crippen LogP contribution in [0.4, 0.5) is 0 Å². The number of hydrogen-bond acceptors (Lipinski definition) is 3. The summed E-state index contributed by atoms with van der Waals surface area (Å²) >= 11 is 0. The quantitative estimate of drug-likeness (QED) is 0.636. The molecule has 0 spiro atoms. The molecule has 0 saturated carbocycles. The van der Waals surface area contributed by atoms with Crippen LogP contribution in [0.15, 0.2) is 0 Å². The first-order valence-electron chi connectivity index (χ1n) is 5.87. The van der Waals surface area contributed by atoms with Gasteiger partial charge in [0.05, 0.1) is 25.7 Å². The van der Waals surface area contributed by atoms with Crippen LogP contribution < -0.4 is 0 Å². The molecule has 1 unspecified atom stereocenters. The standard InChI is InChI=1S/C12H22O3/c1-4-15-12(13)11(5-9(2)3)6-10-7-14-8-10/h9-11H,4-8H2,1-3H3. The molecular weight excluding hydrogens is 192 g/mol. The molecule has 0 aliphatic carbocycles. The third-order valence-electron chi connectivity index (χ3n) is 2.70. The van der Waals surface area contributed by atoms with Crippen molar-refractivity contribution in [1.29, 1.82) is 0 Å². The summed E-state index contributed by atoms with van der Waals surface area (Å²) in [6.45, 7) is 8.25. The molecule has 88 valence electrons. The fourth-order valence-corrected chi connectivity index (χ4v) is 1.94. The molecule has 1 rings (SSSR count). The van der Waals surface area contributed by atoms with E-state index in [0.717, 1.165) is 26.1 Å². The van der Waals surface area contributed by atoms with E-state index in [0.29, 0.717) is 18.4 Å². The zero-order valence-corrected chi connectivity index (χ0v) is 9.99. The summed E-state index contributed by atoms with van der Waals surface area (Å²) in [4.78, 5) is 11.7. The highest BCUT2D eigenvalue weighted by atomic mass is 16.5. The third kappa shape index (κ3) is 4.20. The smallest absolute Gasteiger partial charge is 0.308 e. The molecule has 0 aromatic rings. The molecule has 3 heteroatoms. The van der Waals surface area contributed by atoms with E-state index in [1.54, 1.807) is 0 Å². The van der Waals surface area contributed by atoms with Gasteiger partial charge in [-0.05, 0) is 25.7 Å². The lowest BCUT2D eigenvalue weighted by Crippen LogP contribution is -2.32. The van der Waals surface area contributed by atoms with Crippen molar-refractivity contribution in [1.82, 2.24) is 0 Å². The lowest BCUT2D eigenvalue weighted by molar-refractivity contribution is -0.151. The van der Waals surface area contributed by atoms with Crippen molar-refractivity contribution in [3.8, 4) is 0 Å². The van der Waals surface area contributed by atoms with Crippen LogP contribution in [0.25, 0.3) is 0 Å². The van der Waals surface area contributed by atoms with Crippen LogP contribution in [0.1, 0.15) is 33.6 Å². The fraction of sp³-hybridized carbons (Fsp3) is 0.917. The zero-order chi connectivity index (χ0) is 11.3. The second-order valence-electron chi connectivity index (χ2n) is 4.72. The molecule has 1 saturated heterocycles. The molecule has 0 bridgehead atoms. The van der Waals surface area contributed by atoms with Crippen LogP contribution in [-0.4, -0.2) is 25.8 Å². The van der Waals surface area contributed by atoms with Crippen LogP contribution in [0.3, 0.4) is 0 Å². The molecule has 1 aliphatic rings. The molecule has 0 amide bonds. The van der Waals surface area contributed by atoms with Gasteiger partial charge in [0.25, 0.3) is 0 Å². The average Bonchev–Trinajstić information content (AvgIpc) is 2.08. The molecule has 0 aromatic heterocycles. The summed E-state index contributed by atoms with van der Waals surface area (Å²) in [5, 5.41) is 0. The van der Waals surface area contributed by atoms with Crippen molar-refractivity contribution in [2.75, 3.05) is 19.8 Å². The van der Waals surface area contributed by atoms with E-state index < -0.39 is 0 Å². The number of esters is 1. The monoisotopic (exact) mass is 214 g/mol. The Kier molecular flexibility index (Phi) is 5.09. The van der Waals surface area contributed by atoms with E-state index in [9.17, 15) is 4.79 Å². The Bertz CT molecular complexity index is 197. The van der Waals surface area contributed by atoms with Gasteiger partial charge in [0, 0.05) is 5.92 Å². The van der Waals surface area contributed by atoms with Gasteiger partial charge in [0.2, 0.25) is 0 Å². The van der Waals surface area contributed by atoms with E-state index in [2.05, 4.69) is 13.8 Å². The second-order valence-corrected chi connectivity index (χ2v) is 4.72. The summed E-state index contributed by atoms with van der Waals surface area (Å²) in [7, 11) is 0. The van der Waals surface area contributed by atoms with Crippen molar-refractivity contribution in [3.05, 3.63) is 0 Å². The lowest BCUT2D eigenvalue weighted by atomic mass is 9.87. The maximum Gasteiger partial charge on any atom is 0.308 e. The summed E-state index contributed by atoms with van der Waals surface area (Å²) < 4.78 is 10.2. The molecule has 0 N–H and O–H groups in total. The molecule has 1 heterocycles. The number of carbonyl (C=O) groups is 1. The Labute approximate surface area is 92.1 Å². The Hall–Kier alpha value is -0.570. The van der Waals surface area contributed by atoms with E-state index in [4.69, 9.17) is 9.47 Å². The fourth-order valence-electron chi connectivity index (χ4n) is 1.94. The van der Waals surface area contributed by atoms with Gasteiger partial charge in [-0.25, -0.2) is 0 Å². The van der Waals surface area contributed by atoms with Crippen LogP contribution in [-0.2, 0) is 14.3 Å². The van der Waals surface area contributed by atoms with Gasteiger partial charge in [-0.2, -0.15) is 0 Å². The highest BCUT2D eigenvalue weighted by Gasteiger charge is 2.28. The van der Waals surface area contributed by atoms with Gasteiger partial charge in [-0.3, -0.25) is 4.79 Å². The van der Waals surface area contributed by atoms with Gasteiger partial charge in [-0.15, -0.1) is 0 Å². The maximum absolute atomic E-state index is 11.7. The van der Waals surface area contributed by atoms with Crippen molar-refractivity contribution in [2.24, 2.45) is 17.8 Å². The van der Waals surface area contributed by atoms with E-state index in [-0.39, 0.29) is 11.9 Å². The summed E-state index contributed by atoms with van der Waals surface area (Å²) in [5.74, 6) is 1.15. The molecule has 15 heavy (non-hydrogen) atoms. The van der Waals surface area contributed by atoms with E-state index >= 15 is 0 Å². The molecule has 1 aliphatic heterocycles. The number of ether oxygens (including phenoxy) is 2. The van der Waals surface area contributed by atoms with Crippen molar-refractivity contribution < 1.29 is 14.3 Å². The van der Waals surface area contributed by atoms with E-state index in [1.165, 1.54) is 0 Å². The molecule has 0 radical (unpaired) electrons. The Morgan fingerprint density at radius 1 is 1.47 bits per heavy atom. The van der Waals surface area contributed by atoms with Crippen molar-refractivity contribution in [2.45, 2.75) is 33.6 Å². The Morgan fingerprint density at radius 2 is 2.13 bits per heavy atom. The van der Waals surface area contributed by atoms with Crippen LogP contribution in [0.5, 0.6) is 0 Å². The Morgan fingerprint density at radius 3 is 2.53 bits per heavy atom. The summed E-state index contributed by atoms with van der Waals surface area (Å²) in [6.07, 6.45) is 1.85. The van der Waals surface area contributed by atoms with Crippen LogP contribution >= 0.6 is 0 Å². The molecule has 1 atom stereocenters. The van der Waals surface area contributed by atoms with E-state index in [1.807, 2.05) is 6.92 Å². The molecular formula is C12H22O3. The third-order valence-corrected chi connectivity index (χ3v) is 2.70. The first-order valence-corrected chi connectivity index (χ1v) is 5.87. The highest BCUT2D eigenvalue weighted by Crippen LogP contribution is 2.25. The Balaban J connectivity index is 2.39. The number of hydrogen-bond donors (Lipinski definition) is 0. The minimum atomic E-state index is -0.0295. The SMILES string of the molecule is CCOC(=O)C(CC(C)C)CC1COC1. The normalized spacial score (nSPS) is 18.7. The minimum absolute atomic E-state index is 0.0295. The van der Waals surface area contributed by atoms with Gasteiger partial charge < -0.3 is 9.47 Å². The first-order chi connectivity index (χ1) is 7.13. The van der Waals surface area contributed by atoms with Gasteiger partial charge in [0.1, 0.15) is 0 Å². The predicted octanol–water partition coefficient (Wildman–Crippen LogP) is 2.25. The van der Waals surface area contributed by atoms with Crippen LogP contribution in [0.2, 0.25) is 0 Å². The molecule has 3 nitrogen and oxygen atoms in total. The minimum Gasteiger partial charge on any atom is -0.466 e. The van der Waals surface area contributed by atoms with Crippen molar-refractivity contribution in [3.63, 3.8) is 0 Å². The van der Waals surface area contributed by atoms with Gasteiger partial charge in [0.15, 0.2) is 0 Å². The van der Waals surface area contributed by atoms with Gasteiger partial charge >= 0.3 is 5.97 Å². The highest BCUT2D eigenvalue weighted by molar-refractivity contribution is 5.72. The van der Waals surface area contributed by atoms with Crippen LogP contribution in [0, 0.1) is 17.8 Å². The molecule has 0 aromatic carbocycles. The predicted molar refractivity (Wildman–Crippen MR) is 58.5 cm³/mol. The average molecular weight is 214 g/mol. The number of rotatable bonds is 6. The first kappa shape index (κ1) is 12.5. The van der Waals surface area contributed by atoms with Gasteiger partial charge in [-0.1, -0.05) is 13.8 Å². The maximum atomic E-state index is 11.7. The largest absolute Gasteiger partial charge is 0.466 e. The second kappa shape index (κ2) is 6.11. The zero-order valence-electron chi connectivity index (χ0n) is 9.99. The van der Waals surface area contributed by atoms with Crippen molar-refractivity contribution >= 4 is 5.97 Å². The summed E-state index contributed by atoms with van der Waals surface area (Å²) in [5.41, 5.74) is 0. The topological polar surface area (TPSA) is 35.5 Å². The lowest BCUT2D eigenvalue weighted by Gasteiger charge is -2.29. The number of carbonyl (C=O) groups excluding carboxylic acids is 1. The summed E-state index contributed by atoms with van der Waals surface area (Å²) in [6, 6.07) is 0. The molecule has 1 fully saturated rings.